The lowest BCUT2D eigenvalue weighted by Crippen LogP contribution is -2.51. The highest BCUT2D eigenvalue weighted by Gasteiger charge is 2.37. The van der Waals surface area contributed by atoms with Crippen LogP contribution in [0.1, 0.15) is 143 Å². The highest BCUT2D eigenvalue weighted by molar-refractivity contribution is 5.99. The lowest BCUT2D eigenvalue weighted by Gasteiger charge is -2.27. The molecule has 0 radical (unpaired) electrons. The van der Waals surface area contributed by atoms with Gasteiger partial charge in [0.1, 0.15) is 11.8 Å². The molecule has 1 unspecified atom stereocenters. The minimum atomic E-state index is -1.98. The summed E-state index contributed by atoms with van der Waals surface area (Å²) in [6, 6.07) is -7.59. The van der Waals surface area contributed by atoms with E-state index in [4.69, 9.17) is 45.5 Å². The van der Waals surface area contributed by atoms with E-state index in [-0.39, 0.29) is 76.1 Å². The number of aliphatic carboxylic acids is 1. The second-order valence-corrected chi connectivity index (χ2v) is 21.2. The zero-order valence-corrected chi connectivity index (χ0v) is 49.0. The molecule has 0 bridgehead atoms. The molecule has 9 amide bonds. The average molecular weight is 1230 g/mol. The van der Waals surface area contributed by atoms with Gasteiger partial charge < -0.3 is 87.1 Å². The molecular weight excluding hydrogens is 1140 g/mol. The van der Waals surface area contributed by atoms with E-state index in [1.807, 2.05) is 0 Å². The number of amides is 9. The highest BCUT2D eigenvalue weighted by atomic mass is 16.4. The monoisotopic (exact) mass is 1220 g/mol. The van der Waals surface area contributed by atoms with Crippen molar-refractivity contribution < 1.29 is 92.3 Å². The Morgan fingerprint density at radius 2 is 0.953 bits per heavy atom. The first kappa shape index (κ1) is 77.7. The summed E-state index contributed by atoms with van der Waals surface area (Å²) >= 11 is 0. The molecule has 0 saturated heterocycles. The number of hydrogen-bond acceptors (Lipinski definition) is 20. The number of hydrogen-bond donors (Lipinski definition) is 17. The summed E-state index contributed by atoms with van der Waals surface area (Å²) in [6.45, 7) is 4.02. The number of primary amides is 4. The summed E-state index contributed by atoms with van der Waals surface area (Å²) in [5, 5.41) is 60.0. The molecule has 484 valence electrons. The van der Waals surface area contributed by atoms with E-state index in [9.17, 15) is 92.3 Å². The van der Waals surface area contributed by atoms with Gasteiger partial charge in [0.05, 0.1) is 73.0 Å². The zero-order valence-electron chi connectivity index (χ0n) is 49.0. The zero-order chi connectivity index (χ0) is 66.1. The Morgan fingerprint density at radius 1 is 0.453 bits per heavy atom. The van der Waals surface area contributed by atoms with Crippen LogP contribution in [0.4, 0.5) is 0 Å². The summed E-state index contributed by atoms with van der Waals surface area (Å²) in [6.07, 6.45) is -9.85. The van der Waals surface area contributed by atoms with Crippen LogP contribution in [0.2, 0.25) is 0 Å². The Kier molecular flexibility index (Phi) is 36.2. The van der Waals surface area contributed by atoms with Gasteiger partial charge in [-0.05, 0) is 59.3 Å². The predicted molar refractivity (Wildman–Crippen MR) is 304 cm³/mol. The van der Waals surface area contributed by atoms with E-state index in [2.05, 4.69) is 31.6 Å². The van der Waals surface area contributed by atoms with Crippen LogP contribution in [-0.2, 0) is 71.9 Å². The van der Waals surface area contributed by atoms with Crippen molar-refractivity contribution in [2.45, 2.75) is 186 Å². The summed E-state index contributed by atoms with van der Waals surface area (Å²) in [7, 11) is 0. The molecule has 33 nitrogen and oxygen atoms in total. The highest BCUT2D eigenvalue weighted by Crippen LogP contribution is 2.21. The third kappa shape index (κ3) is 32.1. The molecule has 0 aliphatic heterocycles. The molecule has 0 heterocycles. The molecule has 0 fully saturated rings. The van der Waals surface area contributed by atoms with E-state index >= 15 is 0 Å². The van der Waals surface area contributed by atoms with Crippen molar-refractivity contribution in [3.8, 4) is 0 Å². The molecule has 0 saturated carbocycles. The van der Waals surface area contributed by atoms with Gasteiger partial charge in [0.15, 0.2) is 29.1 Å². The molecule has 24 N–H and O–H groups in total. The first-order chi connectivity index (χ1) is 40.0. The fourth-order valence-corrected chi connectivity index (χ4v) is 8.47. The Morgan fingerprint density at radius 3 is 1.47 bits per heavy atom. The van der Waals surface area contributed by atoms with Crippen LogP contribution in [-0.4, -0.2) is 176 Å². The summed E-state index contributed by atoms with van der Waals surface area (Å²) in [4.78, 5) is 198. The van der Waals surface area contributed by atoms with Gasteiger partial charge >= 0.3 is 5.97 Å². The Labute approximate surface area is 496 Å². The van der Waals surface area contributed by atoms with E-state index in [1.54, 1.807) is 0 Å². The molecular formula is C53H88N14O19. The van der Waals surface area contributed by atoms with Gasteiger partial charge in [-0.15, -0.1) is 0 Å². The van der Waals surface area contributed by atoms with Crippen molar-refractivity contribution in [1.29, 1.82) is 5.41 Å². The third-order valence-electron chi connectivity index (χ3n) is 13.9. The second-order valence-electron chi connectivity index (χ2n) is 21.2. The molecule has 0 aromatic heterocycles. The summed E-state index contributed by atoms with van der Waals surface area (Å²) < 4.78 is 0. The number of carbonyl (C=O) groups excluding carboxylic acids is 14. The van der Waals surface area contributed by atoms with Crippen LogP contribution in [0, 0.1) is 35.0 Å². The smallest absolute Gasteiger partial charge is 0.305 e. The molecule has 0 aromatic rings. The van der Waals surface area contributed by atoms with Crippen molar-refractivity contribution in [2.24, 2.45) is 74.7 Å². The molecule has 0 rings (SSSR count). The van der Waals surface area contributed by atoms with E-state index in [0.29, 0.717) is 0 Å². The number of guanidine groups is 1. The van der Waals surface area contributed by atoms with Gasteiger partial charge in [-0.1, -0.05) is 13.3 Å². The normalized spacial score (nSPS) is 15.2. The lowest BCUT2D eigenvalue weighted by molar-refractivity contribution is -0.142. The summed E-state index contributed by atoms with van der Waals surface area (Å²) in [5.74, 6) is -22.0. The minimum absolute atomic E-state index is 0.0494. The fraction of sp³-hybridized carbons (Fsp3) is 0.679. The van der Waals surface area contributed by atoms with Crippen molar-refractivity contribution in [3.63, 3.8) is 0 Å². The number of carboxylic acid groups (broad SMARTS) is 1. The van der Waals surface area contributed by atoms with Gasteiger partial charge in [0, 0.05) is 82.6 Å². The molecule has 0 aromatic carbocycles. The lowest BCUT2D eigenvalue weighted by atomic mass is 9.89. The van der Waals surface area contributed by atoms with Crippen molar-refractivity contribution in [1.82, 2.24) is 26.6 Å². The largest absolute Gasteiger partial charge is 0.481 e. The Bertz CT molecular complexity index is 2470. The molecule has 0 spiro atoms. The summed E-state index contributed by atoms with van der Waals surface area (Å²) in [5.41, 5.74) is 37.4. The van der Waals surface area contributed by atoms with Crippen LogP contribution in [0.15, 0.2) is 4.99 Å². The van der Waals surface area contributed by atoms with E-state index < -0.39 is 224 Å². The number of rotatable bonds is 48. The number of carbonyl (C=O) groups is 15. The quantitative estimate of drug-likeness (QED) is 0.0153. The number of nitrogens with two attached hydrogens (primary N) is 7. The number of aliphatic imine (C=N–C) groups is 1. The minimum Gasteiger partial charge on any atom is -0.481 e. The van der Waals surface area contributed by atoms with Gasteiger partial charge in [0.25, 0.3) is 0 Å². The number of Topliss-reactive ketones (excluding diaryl/α,β-unsaturated/α-hetero) is 5. The maximum absolute atomic E-state index is 14.0. The van der Waals surface area contributed by atoms with Gasteiger partial charge in [-0.25, -0.2) is 0 Å². The number of aliphatic hydroxyl groups excluding tert-OH is 3. The van der Waals surface area contributed by atoms with Crippen molar-refractivity contribution in [3.05, 3.63) is 0 Å². The maximum atomic E-state index is 14.0. The van der Waals surface area contributed by atoms with Crippen LogP contribution < -0.4 is 66.7 Å². The van der Waals surface area contributed by atoms with Crippen molar-refractivity contribution in [2.75, 3.05) is 13.2 Å². The number of aliphatic hydroxyl groups is 3. The van der Waals surface area contributed by atoms with Gasteiger partial charge in [0.2, 0.25) is 53.2 Å². The number of ketones is 5. The maximum Gasteiger partial charge on any atom is 0.305 e. The standard InChI is InChI=1S/C53H88N14O19/c1-25(27(3)69)38(72)19-30(21-45(58)78)50(84)63-26(2)37(71)13-16-46(79)64-33(9-7-17-62-53(60)61)40(74)20-31(24-68)51(85)67-36(23-47(80)81)41(75)22-32(28(4)70)52(86)65-34(8-5-6-10-42(54)55)39(73)18-29(11-14-43(56)76)49(83)66-35(48(59)82)12-15-44(57)77/h25-36,68-70H,5-24H2,1-4H3,(H3,54,55)(H2,56,76)(H2,57,77)(H2,58,78)(H2,59,82)(H,63,84)(H,64,79)(H,65,86)(H,66,83)(H,67,85)(H,80,81)(H4,60,61,62)/t25-,26-,27?,28+,29+,30-,31-,32-,33-,34-,35-,36-/m0/s1. The van der Waals surface area contributed by atoms with Gasteiger partial charge in [-0.3, -0.25) is 82.3 Å². The van der Waals surface area contributed by atoms with Crippen LogP contribution in [0.3, 0.4) is 0 Å². The number of nitrogens with zero attached hydrogens (tertiary/aromatic N) is 1. The molecule has 0 aliphatic rings. The molecule has 12 atom stereocenters. The first-order valence-electron chi connectivity index (χ1n) is 27.9. The number of amidine groups is 1. The van der Waals surface area contributed by atoms with E-state index in [1.165, 1.54) is 20.8 Å². The fourth-order valence-electron chi connectivity index (χ4n) is 8.47. The van der Waals surface area contributed by atoms with Crippen molar-refractivity contribution >= 4 is 99.8 Å². The van der Waals surface area contributed by atoms with Crippen LogP contribution >= 0.6 is 0 Å². The topological polar surface area (TPSA) is 615 Å². The predicted octanol–water partition coefficient (Wildman–Crippen LogP) is -5.61. The Hall–Kier alpha value is -8.33. The second kappa shape index (κ2) is 40.1. The first-order valence-corrected chi connectivity index (χ1v) is 27.9. The molecule has 86 heavy (non-hydrogen) atoms. The number of carboxylic acids is 1. The Balaban J connectivity index is 6.54. The van der Waals surface area contributed by atoms with Crippen LogP contribution in [0.5, 0.6) is 0 Å². The SMILES string of the molecule is CC(O)[C@H](C)C(=O)C[C@@H](CC(N)=O)C(=O)N[C@@H](C)C(=O)CCC(=O)N[C@@H](CCCN=C(N)N)C(=O)C[C@@H](CO)C(=O)N[C@@H](CC(=O)O)C(=O)C[C@H](C(=O)N[C@@H](CCCCC(=N)N)C(=O)C[C@@H](CCC(N)=O)C(=O)N[C@@H](CCC(N)=O)C(N)=O)[C@@H](C)O. The number of nitrogens with one attached hydrogen (secondary N) is 6. The average Bonchev–Trinajstić information content (AvgIpc) is 3.08. The van der Waals surface area contributed by atoms with E-state index in [0.717, 1.165) is 6.92 Å². The molecule has 33 heteroatoms. The number of unbranched alkanes of at least 4 members (excludes halogenated alkanes) is 1. The third-order valence-corrected chi connectivity index (χ3v) is 13.9. The van der Waals surface area contributed by atoms with Gasteiger partial charge in [-0.2, -0.15) is 0 Å². The molecule has 0 aliphatic carbocycles. The van der Waals surface area contributed by atoms with Crippen LogP contribution in [0.25, 0.3) is 0 Å².